The van der Waals surface area contributed by atoms with Crippen molar-refractivity contribution < 1.29 is 14.3 Å². The van der Waals surface area contributed by atoms with Crippen LogP contribution in [0.2, 0.25) is 0 Å². The maximum Gasteiger partial charge on any atom is 0.261 e. The third kappa shape index (κ3) is 5.63. The average molecular weight is 424 g/mol. The predicted octanol–water partition coefficient (Wildman–Crippen LogP) is 3.85. The molecule has 0 aliphatic rings. The smallest absolute Gasteiger partial charge is 0.261 e. The molecule has 1 aromatic heterocycles. The van der Waals surface area contributed by atoms with Crippen LogP contribution in [-0.2, 0) is 11.3 Å². The topological polar surface area (TPSA) is 82.5 Å². The summed E-state index contributed by atoms with van der Waals surface area (Å²) in [4.78, 5) is 29.5. The number of para-hydroxylation sites is 1. The molecular weight excluding hydrogens is 394 g/mol. The maximum atomic E-state index is 12.6. The number of fused-ring (bicyclic) bond motifs is 1. The summed E-state index contributed by atoms with van der Waals surface area (Å²) < 4.78 is 12.9. The molecule has 31 heavy (non-hydrogen) atoms. The average Bonchev–Trinajstić information content (AvgIpc) is 2.78. The number of carbonyl (C=O) groups is 1. The normalized spacial score (nSPS) is 11.8. The van der Waals surface area contributed by atoms with Crippen molar-refractivity contribution in [3.63, 3.8) is 0 Å². The first-order chi connectivity index (χ1) is 15.0. The lowest BCUT2D eigenvalue weighted by Gasteiger charge is -2.18. The van der Waals surface area contributed by atoms with Gasteiger partial charge in [-0.2, -0.15) is 0 Å². The van der Waals surface area contributed by atoms with Crippen molar-refractivity contribution in [2.75, 3.05) is 13.2 Å². The molecule has 0 saturated heterocycles. The minimum atomic E-state index is -0.269. The summed E-state index contributed by atoms with van der Waals surface area (Å²) in [6.45, 7) is 7.09. The summed E-state index contributed by atoms with van der Waals surface area (Å²) in [5, 5.41) is 3.43. The lowest BCUT2D eigenvalue weighted by molar-refractivity contribution is -0.122. The van der Waals surface area contributed by atoms with Crippen molar-refractivity contribution in [1.82, 2.24) is 14.9 Å². The molecule has 0 fully saturated rings. The highest BCUT2D eigenvalue weighted by molar-refractivity contribution is 5.79. The summed E-state index contributed by atoms with van der Waals surface area (Å²) >= 11 is 0. The summed E-state index contributed by atoms with van der Waals surface area (Å²) in [5.74, 6) is 1.10. The highest BCUT2D eigenvalue weighted by atomic mass is 16.5. The van der Waals surface area contributed by atoms with Crippen LogP contribution in [0.4, 0.5) is 0 Å². The highest BCUT2D eigenvalue weighted by Gasteiger charge is 2.15. The molecule has 1 amide bonds. The third-order valence-electron chi connectivity index (χ3n) is 4.81. The van der Waals surface area contributed by atoms with E-state index in [0.717, 1.165) is 18.4 Å². The monoisotopic (exact) mass is 423 g/mol. The maximum absolute atomic E-state index is 12.6. The summed E-state index contributed by atoms with van der Waals surface area (Å²) in [5.41, 5.74) is 1.27. The number of hydrogen-bond donors (Lipinski definition) is 1. The largest absolute Gasteiger partial charge is 0.490 e. The van der Waals surface area contributed by atoms with E-state index in [0.29, 0.717) is 35.6 Å². The van der Waals surface area contributed by atoms with E-state index in [1.165, 1.54) is 10.9 Å². The molecule has 3 rings (SSSR count). The first-order valence-corrected chi connectivity index (χ1v) is 10.7. The minimum Gasteiger partial charge on any atom is -0.490 e. The molecule has 164 valence electrons. The number of ether oxygens (including phenoxy) is 2. The van der Waals surface area contributed by atoms with Crippen molar-refractivity contribution in [2.24, 2.45) is 0 Å². The molecule has 0 unspecified atom stereocenters. The van der Waals surface area contributed by atoms with Gasteiger partial charge in [-0.25, -0.2) is 4.98 Å². The first-order valence-electron chi connectivity index (χ1n) is 10.7. The highest BCUT2D eigenvalue weighted by Crippen LogP contribution is 2.31. The van der Waals surface area contributed by atoms with Crippen molar-refractivity contribution in [3.05, 3.63) is 64.7 Å². The van der Waals surface area contributed by atoms with Crippen molar-refractivity contribution in [2.45, 2.75) is 46.2 Å². The first kappa shape index (κ1) is 22.3. The van der Waals surface area contributed by atoms with Crippen molar-refractivity contribution in [3.8, 4) is 11.5 Å². The number of aromatic nitrogens is 2. The Bertz CT molecular complexity index is 1090. The van der Waals surface area contributed by atoms with Gasteiger partial charge in [-0.15, -0.1) is 0 Å². The molecule has 1 N–H and O–H groups in total. The van der Waals surface area contributed by atoms with E-state index in [1.54, 1.807) is 18.2 Å². The molecule has 1 atom stereocenters. The number of nitrogens with zero attached hydrogens (tertiary/aromatic N) is 2. The zero-order valence-corrected chi connectivity index (χ0v) is 18.3. The van der Waals surface area contributed by atoms with Crippen LogP contribution in [-0.4, -0.2) is 28.7 Å². The number of amides is 1. The Balaban J connectivity index is 1.71. The molecule has 3 aromatic rings. The number of rotatable bonds is 10. The Kier molecular flexibility index (Phi) is 7.65. The van der Waals surface area contributed by atoms with Crippen LogP contribution in [0.5, 0.6) is 11.5 Å². The Labute approximate surface area is 182 Å². The zero-order chi connectivity index (χ0) is 22.2. The van der Waals surface area contributed by atoms with Gasteiger partial charge in [-0.05, 0) is 49.6 Å². The summed E-state index contributed by atoms with van der Waals surface area (Å²) in [6.07, 6.45) is 3.20. The van der Waals surface area contributed by atoms with E-state index in [9.17, 15) is 9.59 Å². The molecule has 1 heterocycles. The second kappa shape index (κ2) is 10.6. The van der Waals surface area contributed by atoms with Crippen LogP contribution in [0.1, 0.15) is 45.2 Å². The van der Waals surface area contributed by atoms with Gasteiger partial charge in [0.2, 0.25) is 5.91 Å². The van der Waals surface area contributed by atoms with E-state index < -0.39 is 0 Å². The van der Waals surface area contributed by atoms with Gasteiger partial charge in [0.1, 0.15) is 6.54 Å². The van der Waals surface area contributed by atoms with Gasteiger partial charge in [0, 0.05) is 0 Å². The Morgan fingerprint density at radius 1 is 1.06 bits per heavy atom. The summed E-state index contributed by atoms with van der Waals surface area (Å²) in [7, 11) is 0. The van der Waals surface area contributed by atoms with Gasteiger partial charge in [0.25, 0.3) is 5.56 Å². The lowest BCUT2D eigenvalue weighted by atomic mass is 10.1. The van der Waals surface area contributed by atoms with Crippen LogP contribution in [0.15, 0.2) is 53.6 Å². The van der Waals surface area contributed by atoms with Crippen molar-refractivity contribution in [1.29, 1.82) is 0 Å². The number of carbonyl (C=O) groups excluding carboxylic acids is 1. The van der Waals surface area contributed by atoms with Crippen LogP contribution in [0.25, 0.3) is 10.9 Å². The quantitative estimate of drug-likeness (QED) is 0.536. The molecule has 0 bridgehead atoms. The SMILES string of the molecule is CCCOc1ccc([C@@H](C)NC(=O)Cn2cnc3ccccc3c2=O)cc1OCCC. The molecule has 7 heteroatoms. The number of benzene rings is 2. The van der Waals surface area contributed by atoms with Gasteiger partial charge in [-0.3, -0.25) is 14.2 Å². The fraction of sp³-hybridized carbons (Fsp3) is 0.375. The fourth-order valence-electron chi connectivity index (χ4n) is 3.19. The molecule has 2 aromatic carbocycles. The van der Waals surface area contributed by atoms with E-state index >= 15 is 0 Å². The van der Waals surface area contributed by atoms with Gasteiger partial charge in [0.15, 0.2) is 11.5 Å². The Morgan fingerprint density at radius 3 is 2.52 bits per heavy atom. The van der Waals surface area contributed by atoms with E-state index in [-0.39, 0.29) is 24.1 Å². The van der Waals surface area contributed by atoms with Gasteiger partial charge in [-0.1, -0.05) is 32.0 Å². The number of nitrogens with one attached hydrogen (secondary N) is 1. The molecule has 0 radical (unpaired) electrons. The van der Waals surface area contributed by atoms with Crippen LogP contribution in [0, 0.1) is 0 Å². The van der Waals surface area contributed by atoms with Crippen molar-refractivity contribution >= 4 is 16.8 Å². The standard InChI is InChI=1S/C24H29N3O4/c1-4-12-30-21-11-10-18(14-22(21)31-13-5-2)17(3)26-23(28)15-27-16-25-20-9-7-6-8-19(20)24(27)29/h6-11,14,16-17H,4-5,12-13,15H2,1-3H3,(H,26,28)/t17-/m1/s1. The van der Waals surface area contributed by atoms with Crippen LogP contribution < -0.4 is 20.3 Å². The second-order valence-electron chi connectivity index (χ2n) is 7.39. The van der Waals surface area contributed by atoms with Crippen LogP contribution in [0.3, 0.4) is 0 Å². The molecular formula is C24H29N3O4. The molecule has 7 nitrogen and oxygen atoms in total. The van der Waals surface area contributed by atoms with Gasteiger partial charge in [0.05, 0.1) is 36.5 Å². The van der Waals surface area contributed by atoms with E-state index in [4.69, 9.17) is 9.47 Å². The predicted molar refractivity (Wildman–Crippen MR) is 121 cm³/mol. The molecule has 0 spiro atoms. The minimum absolute atomic E-state index is 0.0993. The van der Waals surface area contributed by atoms with E-state index in [2.05, 4.69) is 17.2 Å². The molecule has 0 aliphatic carbocycles. The van der Waals surface area contributed by atoms with E-state index in [1.807, 2.05) is 38.1 Å². The molecule has 0 aliphatic heterocycles. The number of hydrogen-bond acceptors (Lipinski definition) is 5. The molecule has 0 saturated carbocycles. The van der Waals surface area contributed by atoms with Gasteiger partial charge >= 0.3 is 0 Å². The van der Waals surface area contributed by atoms with Gasteiger partial charge < -0.3 is 14.8 Å². The fourth-order valence-corrected chi connectivity index (χ4v) is 3.19. The summed E-state index contributed by atoms with van der Waals surface area (Å²) in [6, 6.07) is 12.5. The third-order valence-corrected chi connectivity index (χ3v) is 4.81. The van der Waals surface area contributed by atoms with Crippen LogP contribution >= 0.6 is 0 Å². The Morgan fingerprint density at radius 2 is 1.77 bits per heavy atom. The zero-order valence-electron chi connectivity index (χ0n) is 18.3. The second-order valence-corrected chi connectivity index (χ2v) is 7.39. The Hall–Kier alpha value is -3.35. The lowest BCUT2D eigenvalue weighted by Crippen LogP contribution is -2.34.